The maximum atomic E-state index is 10.6. The van der Waals surface area contributed by atoms with Gasteiger partial charge in [-0.3, -0.25) is 0 Å². The number of aliphatic hydroxyl groups excluding tert-OH is 1. The summed E-state index contributed by atoms with van der Waals surface area (Å²) in [5.41, 5.74) is 8.92. The molecule has 0 amide bonds. The van der Waals surface area contributed by atoms with E-state index in [-0.39, 0.29) is 5.92 Å². The van der Waals surface area contributed by atoms with E-state index < -0.39 is 6.10 Å². The predicted molar refractivity (Wildman–Crippen MR) is 76.1 cm³/mol. The smallest absolute Gasteiger partial charge is 0.106 e. The van der Waals surface area contributed by atoms with Gasteiger partial charge in [0, 0.05) is 18.0 Å². The number of aryl methyl sites for hydroxylation is 3. The minimum atomic E-state index is -0.635. The highest BCUT2D eigenvalue weighted by Gasteiger charge is 2.24. The Morgan fingerprint density at radius 3 is 2.47 bits per heavy atom. The highest BCUT2D eigenvalue weighted by Crippen LogP contribution is 2.33. The lowest BCUT2D eigenvalue weighted by atomic mass is 9.88. The highest BCUT2D eigenvalue weighted by atomic mass is 16.3. The monoisotopic (exact) mass is 259 g/mol. The lowest BCUT2D eigenvalue weighted by Crippen LogP contribution is -2.20. The molecule has 0 aliphatic heterocycles. The molecule has 2 unspecified atom stereocenters. The second-order valence-electron chi connectivity index (χ2n) is 5.07. The molecular formula is C16H21NO2. The summed E-state index contributed by atoms with van der Waals surface area (Å²) < 4.78 is 5.49. The third-order valence-electron chi connectivity index (χ3n) is 3.50. The fourth-order valence-electron chi connectivity index (χ4n) is 2.51. The van der Waals surface area contributed by atoms with Crippen molar-refractivity contribution in [2.75, 3.05) is 6.54 Å². The van der Waals surface area contributed by atoms with Crippen LogP contribution in [0.3, 0.4) is 0 Å². The molecule has 1 heterocycles. The Hall–Kier alpha value is -1.58. The SMILES string of the molecule is Cc1cccc(C(CN)C(O)c2cc(C)oc2C)c1. The Kier molecular flexibility index (Phi) is 4.08. The molecule has 0 aliphatic rings. The Labute approximate surface area is 114 Å². The van der Waals surface area contributed by atoms with Crippen molar-refractivity contribution in [2.24, 2.45) is 5.73 Å². The van der Waals surface area contributed by atoms with E-state index >= 15 is 0 Å². The Morgan fingerprint density at radius 1 is 1.21 bits per heavy atom. The normalized spacial score (nSPS) is 14.4. The molecule has 3 nitrogen and oxygen atoms in total. The maximum absolute atomic E-state index is 10.6. The summed E-state index contributed by atoms with van der Waals surface area (Å²) in [5.74, 6) is 1.46. The molecule has 102 valence electrons. The Morgan fingerprint density at radius 2 is 1.95 bits per heavy atom. The zero-order chi connectivity index (χ0) is 14.0. The lowest BCUT2D eigenvalue weighted by molar-refractivity contribution is 0.145. The number of nitrogens with two attached hydrogens (primary N) is 1. The minimum absolute atomic E-state index is 0.115. The van der Waals surface area contributed by atoms with Crippen molar-refractivity contribution < 1.29 is 9.52 Å². The van der Waals surface area contributed by atoms with E-state index in [4.69, 9.17) is 10.2 Å². The van der Waals surface area contributed by atoms with Crippen molar-refractivity contribution in [3.8, 4) is 0 Å². The van der Waals surface area contributed by atoms with Crippen LogP contribution in [-0.4, -0.2) is 11.7 Å². The van der Waals surface area contributed by atoms with Gasteiger partial charge in [0.15, 0.2) is 0 Å². The molecule has 19 heavy (non-hydrogen) atoms. The molecule has 0 bridgehead atoms. The van der Waals surface area contributed by atoms with E-state index in [0.717, 1.165) is 22.6 Å². The molecule has 3 N–H and O–H groups in total. The predicted octanol–water partition coefficient (Wildman–Crippen LogP) is 2.98. The Bertz CT molecular complexity index is 560. The maximum Gasteiger partial charge on any atom is 0.106 e. The summed E-state index contributed by atoms with van der Waals surface area (Å²) in [6.45, 7) is 6.19. The van der Waals surface area contributed by atoms with E-state index in [0.29, 0.717) is 6.54 Å². The van der Waals surface area contributed by atoms with Crippen LogP contribution in [0.5, 0.6) is 0 Å². The second kappa shape index (κ2) is 5.59. The molecule has 3 heteroatoms. The van der Waals surface area contributed by atoms with Crippen LogP contribution < -0.4 is 5.73 Å². The minimum Gasteiger partial charge on any atom is -0.466 e. The molecule has 0 saturated carbocycles. The van der Waals surface area contributed by atoms with Gasteiger partial charge in [-0.2, -0.15) is 0 Å². The van der Waals surface area contributed by atoms with Gasteiger partial charge >= 0.3 is 0 Å². The molecule has 2 rings (SSSR count). The summed E-state index contributed by atoms with van der Waals surface area (Å²) in [6, 6.07) is 10.0. The van der Waals surface area contributed by atoms with Gasteiger partial charge in [-0.1, -0.05) is 29.8 Å². The van der Waals surface area contributed by atoms with Crippen molar-refractivity contribution >= 4 is 0 Å². The van der Waals surface area contributed by atoms with Gasteiger partial charge in [0.05, 0.1) is 6.10 Å². The van der Waals surface area contributed by atoms with E-state index in [1.807, 2.05) is 45.0 Å². The van der Waals surface area contributed by atoms with Gasteiger partial charge in [0.2, 0.25) is 0 Å². The van der Waals surface area contributed by atoms with E-state index in [2.05, 4.69) is 6.07 Å². The standard InChI is InChI=1S/C16H21NO2/c1-10-5-4-6-13(7-10)15(9-17)16(18)14-8-11(2)19-12(14)3/h4-8,15-16,18H,9,17H2,1-3H3. The Balaban J connectivity index is 2.34. The second-order valence-corrected chi connectivity index (χ2v) is 5.07. The number of aliphatic hydroxyl groups is 1. The molecular weight excluding hydrogens is 238 g/mol. The number of rotatable bonds is 4. The molecule has 0 fully saturated rings. The molecule has 1 aromatic carbocycles. The molecule has 0 spiro atoms. The first kappa shape index (κ1) is 13.8. The fourth-order valence-corrected chi connectivity index (χ4v) is 2.51. The number of furan rings is 1. The average molecular weight is 259 g/mol. The fraction of sp³-hybridized carbons (Fsp3) is 0.375. The highest BCUT2D eigenvalue weighted by molar-refractivity contribution is 5.31. The molecule has 0 radical (unpaired) electrons. The quantitative estimate of drug-likeness (QED) is 0.887. The average Bonchev–Trinajstić information content (AvgIpc) is 2.69. The van der Waals surface area contributed by atoms with Gasteiger partial charge in [-0.15, -0.1) is 0 Å². The van der Waals surface area contributed by atoms with Gasteiger partial charge in [-0.25, -0.2) is 0 Å². The first-order chi connectivity index (χ1) is 9.02. The zero-order valence-electron chi connectivity index (χ0n) is 11.7. The third kappa shape index (κ3) is 2.88. The largest absolute Gasteiger partial charge is 0.466 e. The summed E-state index contributed by atoms with van der Waals surface area (Å²) in [6.07, 6.45) is -0.635. The van der Waals surface area contributed by atoms with Crippen molar-refractivity contribution in [3.63, 3.8) is 0 Å². The molecule has 1 aromatic heterocycles. The topological polar surface area (TPSA) is 59.4 Å². The summed E-state index contributed by atoms with van der Waals surface area (Å²) >= 11 is 0. The van der Waals surface area contributed by atoms with E-state index in [1.165, 1.54) is 5.56 Å². The van der Waals surface area contributed by atoms with Crippen LogP contribution in [0, 0.1) is 20.8 Å². The zero-order valence-corrected chi connectivity index (χ0v) is 11.7. The van der Waals surface area contributed by atoms with E-state index in [9.17, 15) is 5.11 Å². The lowest BCUT2D eigenvalue weighted by Gasteiger charge is -2.22. The van der Waals surface area contributed by atoms with Crippen molar-refractivity contribution in [1.29, 1.82) is 0 Å². The van der Waals surface area contributed by atoms with Gasteiger partial charge < -0.3 is 15.3 Å². The number of hydrogen-bond acceptors (Lipinski definition) is 3. The van der Waals surface area contributed by atoms with Crippen molar-refractivity contribution in [2.45, 2.75) is 32.8 Å². The summed E-state index contributed by atoms with van der Waals surface area (Å²) in [7, 11) is 0. The van der Waals surface area contributed by atoms with Crippen LogP contribution in [0.15, 0.2) is 34.7 Å². The van der Waals surface area contributed by atoms with Crippen LogP contribution >= 0.6 is 0 Å². The van der Waals surface area contributed by atoms with Crippen LogP contribution in [-0.2, 0) is 0 Å². The number of hydrogen-bond donors (Lipinski definition) is 2. The summed E-state index contributed by atoms with van der Waals surface area (Å²) in [5, 5.41) is 10.6. The molecule has 0 aliphatic carbocycles. The number of benzene rings is 1. The molecule has 0 saturated heterocycles. The van der Waals surface area contributed by atoms with Crippen LogP contribution in [0.2, 0.25) is 0 Å². The molecule has 2 aromatic rings. The van der Waals surface area contributed by atoms with Crippen LogP contribution in [0.4, 0.5) is 0 Å². The van der Waals surface area contributed by atoms with Gasteiger partial charge in [0.1, 0.15) is 11.5 Å². The van der Waals surface area contributed by atoms with Crippen LogP contribution in [0.25, 0.3) is 0 Å². The van der Waals surface area contributed by atoms with Crippen LogP contribution in [0.1, 0.15) is 40.2 Å². The van der Waals surface area contributed by atoms with Crippen molar-refractivity contribution in [1.82, 2.24) is 0 Å². The summed E-state index contributed by atoms with van der Waals surface area (Å²) in [4.78, 5) is 0. The first-order valence-corrected chi connectivity index (χ1v) is 6.54. The van der Waals surface area contributed by atoms with Gasteiger partial charge in [-0.05, 0) is 32.4 Å². The molecule has 2 atom stereocenters. The first-order valence-electron chi connectivity index (χ1n) is 6.54. The van der Waals surface area contributed by atoms with E-state index in [1.54, 1.807) is 0 Å². The third-order valence-corrected chi connectivity index (χ3v) is 3.50. The van der Waals surface area contributed by atoms with Gasteiger partial charge in [0.25, 0.3) is 0 Å². The van der Waals surface area contributed by atoms with Crippen molar-refractivity contribution in [3.05, 3.63) is 58.5 Å².